The predicted octanol–water partition coefficient (Wildman–Crippen LogP) is 3.33. The lowest BCUT2D eigenvalue weighted by Gasteiger charge is -2.23. The highest BCUT2D eigenvalue weighted by Gasteiger charge is 2.21. The van der Waals surface area contributed by atoms with Gasteiger partial charge in [-0.25, -0.2) is 0 Å². The van der Waals surface area contributed by atoms with Gasteiger partial charge in [-0.15, -0.1) is 0 Å². The summed E-state index contributed by atoms with van der Waals surface area (Å²) in [5.41, 5.74) is 2.62. The van der Waals surface area contributed by atoms with Crippen LogP contribution in [0.4, 0.5) is 5.82 Å². The van der Waals surface area contributed by atoms with Gasteiger partial charge < -0.3 is 15.0 Å². The maximum absolute atomic E-state index is 12.9. The molecular weight excluding hydrogens is 344 g/mol. The molecule has 0 spiro atoms. The lowest BCUT2D eigenvalue weighted by molar-refractivity contribution is -0.389. The fourth-order valence-corrected chi connectivity index (χ4v) is 2.81. The van der Waals surface area contributed by atoms with Crippen molar-refractivity contribution in [3.8, 4) is 0 Å². The second-order valence-electron chi connectivity index (χ2n) is 6.28. The first-order chi connectivity index (χ1) is 13.0. The molecule has 0 saturated heterocycles. The number of hydrogen-bond acceptors (Lipinski definition) is 4. The molecule has 0 aliphatic heterocycles. The van der Waals surface area contributed by atoms with Crippen molar-refractivity contribution in [1.82, 2.24) is 14.7 Å². The van der Waals surface area contributed by atoms with Crippen LogP contribution < -0.4 is 0 Å². The fourth-order valence-electron chi connectivity index (χ4n) is 2.81. The van der Waals surface area contributed by atoms with Crippen LogP contribution in [0.2, 0.25) is 0 Å². The van der Waals surface area contributed by atoms with Gasteiger partial charge in [-0.2, -0.15) is 4.68 Å². The van der Waals surface area contributed by atoms with Gasteiger partial charge in [0.25, 0.3) is 0 Å². The monoisotopic (exact) mass is 364 g/mol. The van der Waals surface area contributed by atoms with Crippen LogP contribution in [0.3, 0.4) is 0 Å². The van der Waals surface area contributed by atoms with Crippen molar-refractivity contribution in [3.63, 3.8) is 0 Å². The number of hydrogen-bond donors (Lipinski definition) is 0. The van der Waals surface area contributed by atoms with E-state index in [0.717, 1.165) is 11.1 Å². The summed E-state index contributed by atoms with van der Waals surface area (Å²) >= 11 is 0. The van der Waals surface area contributed by atoms with Crippen LogP contribution >= 0.6 is 0 Å². The van der Waals surface area contributed by atoms with E-state index in [0.29, 0.717) is 18.8 Å². The van der Waals surface area contributed by atoms with Crippen molar-refractivity contribution in [2.45, 2.75) is 26.6 Å². The van der Waals surface area contributed by atoms with Crippen molar-refractivity contribution in [2.75, 3.05) is 0 Å². The van der Waals surface area contributed by atoms with E-state index >= 15 is 0 Å². The number of aromatic nitrogens is 2. The summed E-state index contributed by atoms with van der Waals surface area (Å²) in [5, 5.41) is 14.8. The topological polar surface area (TPSA) is 81.3 Å². The molecule has 3 rings (SSSR count). The van der Waals surface area contributed by atoms with Crippen LogP contribution in [0.1, 0.15) is 16.8 Å². The van der Waals surface area contributed by atoms with Gasteiger partial charge in [0.05, 0.1) is 16.9 Å². The highest BCUT2D eigenvalue weighted by atomic mass is 16.6. The SMILES string of the molecule is Cc1cc([N+](=O)[O-])nn1CC(=O)N(Cc1ccccc1)Cc1ccccc1. The summed E-state index contributed by atoms with van der Waals surface area (Å²) in [6.07, 6.45) is 0. The van der Waals surface area contributed by atoms with Crippen LogP contribution in [0.15, 0.2) is 66.7 Å². The van der Waals surface area contributed by atoms with Crippen molar-refractivity contribution in [2.24, 2.45) is 0 Å². The molecule has 1 aromatic heterocycles. The molecule has 0 unspecified atom stereocenters. The first-order valence-electron chi connectivity index (χ1n) is 8.57. The summed E-state index contributed by atoms with van der Waals surface area (Å²) in [4.78, 5) is 25.0. The smallest absolute Gasteiger partial charge is 0.358 e. The number of rotatable bonds is 7. The zero-order chi connectivity index (χ0) is 19.2. The first kappa shape index (κ1) is 18.3. The molecule has 0 aliphatic carbocycles. The van der Waals surface area contributed by atoms with E-state index < -0.39 is 4.92 Å². The molecule has 0 saturated carbocycles. The third-order valence-corrected chi connectivity index (χ3v) is 4.23. The molecule has 138 valence electrons. The van der Waals surface area contributed by atoms with E-state index in [1.165, 1.54) is 10.7 Å². The Hall–Kier alpha value is -3.48. The Morgan fingerprint density at radius 3 is 2.00 bits per heavy atom. The van der Waals surface area contributed by atoms with E-state index in [4.69, 9.17) is 0 Å². The number of nitrogens with zero attached hydrogens (tertiary/aromatic N) is 4. The minimum Gasteiger partial charge on any atom is -0.358 e. The second-order valence-corrected chi connectivity index (χ2v) is 6.28. The number of carbonyl (C=O) groups is 1. The Morgan fingerprint density at radius 2 is 1.56 bits per heavy atom. The summed E-state index contributed by atoms with van der Waals surface area (Å²) in [7, 11) is 0. The summed E-state index contributed by atoms with van der Waals surface area (Å²) in [6, 6.07) is 20.8. The van der Waals surface area contributed by atoms with E-state index in [9.17, 15) is 14.9 Å². The van der Waals surface area contributed by atoms with Crippen molar-refractivity contribution in [3.05, 3.63) is 93.7 Å². The minimum absolute atomic E-state index is 0.0423. The molecule has 2 aromatic carbocycles. The maximum Gasteiger partial charge on any atom is 0.390 e. The van der Waals surface area contributed by atoms with Crippen molar-refractivity contribution >= 4 is 11.7 Å². The van der Waals surface area contributed by atoms with Gasteiger partial charge in [-0.3, -0.25) is 4.79 Å². The molecule has 0 fully saturated rings. The first-order valence-corrected chi connectivity index (χ1v) is 8.57. The third kappa shape index (κ3) is 4.78. The summed E-state index contributed by atoms with van der Waals surface area (Å²) in [6.45, 7) is 2.57. The molecular formula is C20H20N4O3. The van der Waals surface area contributed by atoms with Crippen LogP contribution in [0, 0.1) is 17.0 Å². The van der Waals surface area contributed by atoms with Gasteiger partial charge in [-0.05, 0) is 23.0 Å². The molecule has 0 bridgehead atoms. The van der Waals surface area contributed by atoms with E-state index in [1.807, 2.05) is 60.7 Å². The predicted molar refractivity (Wildman–Crippen MR) is 101 cm³/mol. The van der Waals surface area contributed by atoms with E-state index in [-0.39, 0.29) is 18.3 Å². The van der Waals surface area contributed by atoms with E-state index in [1.54, 1.807) is 11.8 Å². The number of benzene rings is 2. The zero-order valence-electron chi connectivity index (χ0n) is 15.0. The largest absolute Gasteiger partial charge is 0.390 e. The quantitative estimate of drug-likeness (QED) is 0.476. The summed E-state index contributed by atoms with van der Waals surface area (Å²) in [5.74, 6) is -0.401. The number of aryl methyl sites for hydroxylation is 1. The molecule has 1 amide bonds. The number of amides is 1. The lowest BCUT2D eigenvalue weighted by Crippen LogP contribution is -2.33. The Morgan fingerprint density at radius 1 is 1.04 bits per heavy atom. The third-order valence-electron chi connectivity index (χ3n) is 4.23. The maximum atomic E-state index is 12.9. The van der Waals surface area contributed by atoms with Crippen molar-refractivity contribution < 1.29 is 9.72 Å². The van der Waals surface area contributed by atoms with E-state index in [2.05, 4.69) is 5.10 Å². The standard InChI is InChI=1S/C20H20N4O3/c1-16-12-19(24(26)27)21-23(16)15-20(25)22(13-17-8-4-2-5-9-17)14-18-10-6-3-7-11-18/h2-12H,13-15H2,1H3. The second kappa shape index (κ2) is 8.27. The molecule has 27 heavy (non-hydrogen) atoms. The normalized spacial score (nSPS) is 10.6. The van der Waals surface area contributed by atoms with Gasteiger partial charge in [0.1, 0.15) is 6.54 Å². The minimum atomic E-state index is -0.556. The average molecular weight is 364 g/mol. The molecule has 0 N–H and O–H groups in total. The summed E-state index contributed by atoms with van der Waals surface area (Å²) < 4.78 is 1.38. The highest BCUT2D eigenvalue weighted by molar-refractivity contribution is 5.76. The van der Waals surface area contributed by atoms with Gasteiger partial charge in [0.2, 0.25) is 5.91 Å². The molecule has 7 nitrogen and oxygen atoms in total. The van der Waals surface area contributed by atoms with Crippen LogP contribution in [-0.4, -0.2) is 25.5 Å². The molecule has 3 aromatic rings. The molecule has 0 radical (unpaired) electrons. The zero-order valence-corrected chi connectivity index (χ0v) is 15.0. The van der Waals surface area contributed by atoms with Gasteiger partial charge in [0, 0.05) is 13.1 Å². The Kier molecular flexibility index (Phi) is 5.61. The van der Waals surface area contributed by atoms with Crippen LogP contribution in [0.25, 0.3) is 0 Å². The average Bonchev–Trinajstić information content (AvgIpc) is 3.04. The number of carbonyl (C=O) groups excluding carboxylic acids is 1. The Labute approximate surface area is 157 Å². The Bertz CT molecular complexity index is 881. The molecule has 0 aliphatic rings. The molecule has 0 atom stereocenters. The molecule has 7 heteroatoms. The van der Waals surface area contributed by atoms with Crippen molar-refractivity contribution in [1.29, 1.82) is 0 Å². The Balaban J connectivity index is 1.80. The molecule has 1 heterocycles. The van der Waals surface area contributed by atoms with Crippen LogP contribution in [0.5, 0.6) is 0 Å². The van der Waals surface area contributed by atoms with Gasteiger partial charge in [0.15, 0.2) is 0 Å². The van der Waals surface area contributed by atoms with Crippen LogP contribution in [-0.2, 0) is 24.4 Å². The lowest BCUT2D eigenvalue weighted by atomic mass is 10.1. The van der Waals surface area contributed by atoms with Gasteiger partial charge in [-0.1, -0.05) is 60.7 Å². The fraction of sp³-hybridized carbons (Fsp3) is 0.200. The van der Waals surface area contributed by atoms with Gasteiger partial charge >= 0.3 is 5.82 Å². The number of nitro groups is 1. The highest BCUT2D eigenvalue weighted by Crippen LogP contribution is 2.14.